The van der Waals surface area contributed by atoms with Gasteiger partial charge in [0.1, 0.15) is 5.75 Å². The third-order valence-corrected chi connectivity index (χ3v) is 5.34. The lowest BCUT2D eigenvalue weighted by molar-refractivity contribution is -0.141. The van der Waals surface area contributed by atoms with E-state index < -0.39 is 27.9 Å². The van der Waals surface area contributed by atoms with Crippen LogP contribution < -0.4 is 9.46 Å². The van der Waals surface area contributed by atoms with E-state index in [4.69, 9.17) is 9.84 Å². The molecule has 0 aromatic heterocycles. The van der Waals surface area contributed by atoms with Crippen molar-refractivity contribution in [3.05, 3.63) is 59.7 Å². The van der Waals surface area contributed by atoms with Gasteiger partial charge in [0.05, 0.1) is 31.5 Å². The summed E-state index contributed by atoms with van der Waals surface area (Å²) in [6.07, 6.45) is 1.01. The van der Waals surface area contributed by atoms with Crippen molar-refractivity contribution < 1.29 is 27.9 Å². The van der Waals surface area contributed by atoms with Crippen molar-refractivity contribution >= 4 is 33.3 Å². The molecular weight excluding hydrogens is 422 g/mol. The number of rotatable bonds is 8. The summed E-state index contributed by atoms with van der Waals surface area (Å²) in [5, 5.41) is 14.7. The van der Waals surface area contributed by atoms with Crippen LogP contribution in [0.2, 0.25) is 0 Å². The molecule has 31 heavy (non-hydrogen) atoms. The number of carbonyl (C=O) groups excluding carboxylic acids is 1. The lowest BCUT2D eigenvalue weighted by Crippen LogP contribution is -2.27. The van der Waals surface area contributed by atoms with Crippen LogP contribution in [-0.2, 0) is 19.6 Å². The number of sulfonamides is 1. The van der Waals surface area contributed by atoms with Crippen LogP contribution in [0.5, 0.6) is 5.75 Å². The van der Waals surface area contributed by atoms with Gasteiger partial charge in [0.25, 0.3) is 0 Å². The van der Waals surface area contributed by atoms with Crippen LogP contribution >= 0.6 is 0 Å². The van der Waals surface area contributed by atoms with E-state index >= 15 is 0 Å². The molecule has 0 aliphatic carbocycles. The fourth-order valence-corrected chi connectivity index (χ4v) is 3.94. The number of hydrogen-bond acceptors (Lipinski definition) is 6. The average Bonchev–Trinajstić information content (AvgIpc) is 3.16. The summed E-state index contributed by atoms with van der Waals surface area (Å²) in [6.45, 7) is 0. The number of carbonyl (C=O) groups is 2. The summed E-state index contributed by atoms with van der Waals surface area (Å²) in [6, 6.07) is 13.5. The quantitative estimate of drug-likeness (QED) is 0.643. The Balaban J connectivity index is 1.91. The van der Waals surface area contributed by atoms with Crippen molar-refractivity contribution in [2.75, 3.05) is 18.1 Å². The van der Waals surface area contributed by atoms with Crippen molar-refractivity contribution in [1.82, 2.24) is 5.01 Å². The number of nitrogens with one attached hydrogen (secondary N) is 1. The smallest absolute Gasteiger partial charge is 0.303 e. The number of amides is 1. The molecule has 3 rings (SSSR count). The van der Waals surface area contributed by atoms with E-state index in [0.29, 0.717) is 23.6 Å². The first kappa shape index (κ1) is 22.3. The number of methoxy groups -OCH3 is 1. The maximum Gasteiger partial charge on any atom is 0.303 e. The Morgan fingerprint density at radius 1 is 1.16 bits per heavy atom. The molecule has 0 saturated carbocycles. The standard InChI is InChI=1S/C21H23N3O6S/c1-30-19-6-4-3-5-16(19)18-13-17(22-24(18)20(25)11-12-21(26)27)14-7-9-15(10-8-14)23-31(2,28)29/h3-10,18,23H,11-13H2,1-2H3,(H,26,27)/t18-/m0/s1. The minimum Gasteiger partial charge on any atom is -0.496 e. The second-order valence-electron chi connectivity index (χ2n) is 7.09. The molecular formula is C21H23N3O6S. The highest BCUT2D eigenvalue weighted by atomic mass is 32.2. The van der Waals surface area contributed by atoms with Crippen LogP contribution in [0.15, 0.2) is 53.6 Å². The SMILES string of the molecule is COc1ccccc1[C@@H]1CC(c2ccc(NS(C)(=O)=O)cc2)=NN1C(=O)CCC(=O)O. The highest BCUT2D eigenvalue weighted by Crippen LogP contribution is 2.37. The van der Waals surface area contributed by atoms with Crippen molar-refractivity contribution in [3.8, 4) is 5.75 Å². The predicted molar refractivity (Wildman–Crippen MR) is 116 cm³/mol. The van der Waals surface area contributed by atoms with Gasteiger partial charge in [-0.25, -0.2) is 13.4 Å². The van der Waals surface area contributed by atoms with Gasteiger partial charge in [-0.15, -0.1) is 0 Å². The fourth-order valence-electron chi connectivity index (χ4n) is 3.37. The normalized spacial score (nSPS) is 16.0. The molecule has 1 aliphatic rings. The van der Waals surface area contributed by atoms with Crippen LogP contribution in [0.4, 0.5) is 5.69 Å². The van der Waals surface area contributed by atoms with E-state index in [-0.39, 0.29) is 12.8 Å². The molecule has 0 bridgehead atoms. The number of hydrazone groups is 1. The first-order chi connectivity index (χ1) is 14.7. The number of anilines is 1. The van der Waals surface area contributed by atoms with Gasteiger partial charge in [-0.05, 0) is 23.8 Å². The van der Waals surface area contributed by atoms with Crippen molar-refractivity contribution in [3.63, 3.8) is 0 Å². The zero-order chi connectivity index (χ0) is 22.6. The molecule has 1 atom stereocenters. The van der Waals surface area contributed by atoms with Crippen molar-refractivity contribution in [2.24, 2.45) is 5.10 Å². The van der Waals surface area contributed by atoms with Gasteiger partial charge in [0.2, 0.25) is 15.9 Å². The highest BCUT2D eigenvalue weighted by Gasteiger charge is 2.34. The van der Waals surface area contributed by atoms with Gasteiger partial charge in [-0.3, -0.25) is 14.3 Å². The maximum absolute atomic E-state index is 12.8. The molecule has 0 unspecified atom stereocenters. The second kappa shape index (κ2) is 9.17. The topological polar surface area (TPSA) is 125 Å². The number of hydrogen-bond donors (Lipinski definition) is 2. The number of carboxylic acids is 1. The second-order valence-corrected chi connectivity index (χ2v) is 8.84. The van der Waals surface area contributed by atoms with E-state index in [2.05, 4.69) is 9.82 Å². The largest absolute Gasteiger partial charge is 0.496 e. The number of ether oxygens (including phenoxy) is 1. The first-order valence-electron chi connectivity index (χ1n) is 9.50. The van der Waals surface area contributed by atoms with E-state index in [0.717, 1.165) is 17.4 Å². The lowest BCUT2D eigenvalue weighted by Gasteiger charge is -2.23. The summed E-state index contributed by atoms with van der Waals surface area (Å²) in [5.41, 5.74) is 2.54. The minimum absolute atomic E-state index is 0.172. The Kier molecular flexibility index (Phi) is 6.59. The van der Waals surface area contributed by atoms with Crippen LogP contribution in [0, 0.1) is 0 Å². The molecule has 2 N–H and O–H groups in total. The Hall–Kier alpha value is -3.40. The van der Waals surface area contributed by atoms with Gasteiger partial charge >= 0.3 is 5.97 Å². The summed E-state index contributed by atoms with van der Waals surface area (Å²) in [5.74, 6) is -0.851. The van der Waals surface area contributed by atoms with Crippen molar-refractivity contribution in [2.45, 2.75) is 25.3 Å². The number of aliphatic carboxylic acids is 1. The Bertz CT molecular complexity index is 1110. The summed E-state index contributed by atoms with van der Waals surface area (Å²) in [4.78, 5) is 23.7. The Labute approximate surface area is 180 Å². The molecule has 0 radical (unpaired) electrons. The van der Waals surface area contributed by atoms with E-state index in [1.54, 1.807) is 37.4 Å². The molecule has 9 nitrogen and oxygen atoms in total. The summed E-state index contributed by atoms with van der Waals surface area (Å²) < 4.78 is 30.6. The van der Waals surface area contributed by atoms with Crippen LogP contribution in [0.25, 0.3) is 0 Å². The van der Waals surface area contributed by atoms with E-state index in [9.17, 15) is 18.0 Å². The van der Waals surface area contributed by atoms with Crippen LogP contribution in [0.3, 0.4) is 0 Å². The lowest BCUT2D eigenvalue weighted by atomic mass is 9.97. The van der Waals surface area contributed by atoms with E-state index in [1.807, 2.05) is 18.2 Å². The number of para-hydroxylation sites is 1. The minimum atomic E-state index is -3.39. The maximum atomic E-state index is 12.8. The third kappa shape index (κ3) is 5.60. The van der Waals surface area contributed by atoms with Crippen molar-refractivity contribution in [1.29, 1.82) is 0 Å². The monoisotopic (exact) mass is 445 g/mol. The fraction of sp³-hybridized carbons (Fsp3) is 0.286. The molecule has 10 heteroatoms. The molecule has 1 heterocycles. The zero-order valence-electron chi connectivity index (χ0n) is 17.1. The molecule has 2 aromatic rings. The molecule has 164 valence electrons. The predicted octanol–water partition coefficient (Wildman–Crippen LogP) is 2.61. The van der Waals surface area contributed by atoms with Gasteiger partial charge in [-0.1, -0.05) is 30.3 Å². The van der Waals surface area contributed by atoms with E-state index in [1.165, 1.54) is 5.01 Å². The van der Waals surface area contributed by atoms with Crippen LogP contribution in [-0.4, -0.2) is 49.5 Å². The Morgan fingerprint density at radius 3 is 2.45 bits per heavy atom. The summed E-state index contributed by atoms with van der Waals surface area (Å²) in [7, 11) is -1.85. The summed E-state index contributed by atoms with van der Waals surface area (Å²) >= 11 is 0. The number of carboxylic acid groups (broad SMARTS) is 1. The first-order valence-corrected chi connectivity index (χ1v) is 11.4. The number of nitrogens with zero attached hydrogens (tertiary/aromatic N) is 2. The van der Waals surface area contributed by atoms with Gasteiger partial charge in [0, 0.05) is 24.1 Å². The third-order valence-electron chi connectivity index (χ3n) is 4.74. The van der Waals surface area contributed by atoms with Gasteiger partial charge < -0.3 is 9.84 Å². The average molecular weight is 445 g/mol. The molecule has 1 amide bonds. The highest BCUT2D eigenvalue weighted by molar-refractivity contribution is 7.92. The molecule has 0 spiro atoms. The zero-order valence-corrected chi connectivity index (χ0v) is 17.9. The van der Waals surface area contributed by atoms with Gasteiger partial charge in [-0.2, -0.15) is 5.10 Å². The molecule has 0 saturated heterocycles. The van der Waals surface area contributed by atoms with Gasteiger partial charge in [0.15, 0.2) is 0 Å². The number of benzene rings is 2. The molecule has 0 fully saturated rings. The Morgan fingerprint density at radius 2 is 1.84 bits per heavy atom. The van der Waals surface area contributed by atoms with Crippen LogP contribution in [0.1, 0.15) is 36.4 Å². The molecule has 1 aliphatic heterocycles. The molecule has 2 aromatic carbocycles.